The fourth-order valence-electron chi connectivity index (χ4n) is 6.97. The number of thiophene rings is 1. The molecule has 3 saturated heterocycles. The van der Waals surface area contributed by atoms with E-state index in [2.05, 4.69) is 31.5 Å². The largest absolute Gasteiger partial charge is 0.436 e. The first-order valence-corrected chi connectivity index (χ1v) is 17.7. The lowest BCUT2D eigenvalue weighted by Gasteiger charge is -2.41. The zero-order valence-electron chi connectivity index (χ0n) is 25.9. The molecular weight excluding hydrogens is 703 g/mol. The maximum absolute atomic E-state index is 13.9. The third-order valence-corrected chi connectivity index (χ3v) is 11.1. The number of hydrogen-bond acceptors (Lipinski definition) is 8. The van der Waals surface area contributed by atoms with Crippen molar-refractivity contribution in [1.29, 1.82) is 0 Å². The Labute approximate surface area is 283 Å². The Bertz CT molecular complexity index is 1470. The molecule has 0 unspecified atom stereocenters. The quantitative estimate of drug-likeness (QED) is 0.371. The third-order valence-electron chi connectivity index (χ3n) is 9.63. The molecule has 1 aromatic carbocycles. The number of anilines is 2. The Kier molecular flexibility index (Phi) is 10.2. The molecule has 4 amide bonds. The van der Waals surface area contributed by atoms with Gasteiger partial charge >= 0.3 is 18.3 Å². The molecule has 11 nitrogen and oxygen atoms in total. The molecule has 0 radical (unpaired) electrons. The number of alkyl halides is 3. The fourth-order valence-corrected chi connectivity index (χ4v) is 8.26. The maximum Gasteiger partial charge on any atom is 0.418 e. The number of nitrogens with two attached hydrogens (primary N) is 1. The Morgan fingerprint density at radius 3 is 2.34 bits per heavy atom. The normalized spacial score (nSPS) is 20.9. The molecule has 1 aromatic heterocycles. The minimum absolute atomic E-state index is 0.0510. The number of amides is 4. The fraction of sp³-hybridized carbons (Fsp3) is 0.581. The monoisotopic (exact) mass is 741 g/mol. The number of nitrogens with one attached hydrogen (secondary N) is 2. The van der Waals surface area contributed by atoms with Crippen molar-refractivity contribution in [2.75, 3.05) is 63.4 Å². The van der Waals surface area contributed by atoms with Gasteiger partial charge in [0.15, 0.2) is 6.10 Å². The summed E-state index contributed by atoms with van der Waals surface area (Å²) < 4.78 is 47.2. The molecular formula is C31H39BrF3N7O4S. The Morgan fingerprint density at radius 2 is 1.66 bits per heavy atom. The van der Waals surface area contributed by atoms with E-state index in [0.29, 0.717) is 51.6 Å². The molecule has 0 bridgehead atoms. The van der Waals surface area contributed by atoms with Crippen LogP contribution in [0, 0.1) is 0 Å². The topological polar surface area (TPSA) is 123 Å². The summed E-state index contributed by atoms with van der Waals surface area (Å²) in [7, 11) is 0. The van der Waals surface area contributed by atoms with Crippen molar-refractivity contribution in [2.45, 2.75) is 63.0 Å². The van der Waals surface area contributed by atoms with Crippen LogP contribution in [0.2, 0.25) is 0 Å². The number of urea groups is 1. The van der Waals surface area contributed by atoms with Crippen molar-refractivity contribution in [3.05, 3.63) is 44.1 Å². The van der Waals surface area contributed by atoms with Crippen LogP contribution in [0.25, 0.3) is 0 Å². The number of fused-ring (bicyclic) bond motifs is 1. The summed E-state index contributed by atoms with van der Waals surface area (Å²) in [6.45, 7) is 5.79. The van der Waals surface area contributed by atoms with Gasteiger partial charge in [-0.25, -0.2) is 9.59 Å². The van der Waals surface area contributed by atoms with E-state index in [1.165, 1.54) is 22.3 Å². The van der Waals surface area contributed by atoms with E-state index in [-0.39, 0.29) is 28.5 Å². The maximum atomic E-state index is 13.9. The summed E-state index contributed by atoms with van der Waals surface area (Å²) in [5.41, 5.74) is 6.31. The van der Waals surface area contributed by atoms with Crippen LogP contribution in [0.15, 0.2) is 27.4 Å². The van der Waals surface area contributed by atoms with Gasteiger partial charge in [-0.3, -0.25) is 9.69 Å². The number of hydrogen-bond donors (Lipinski definition) is 3. The highest BCUT2D eigenvalue weighted by atomic mass is 79.9. The van der Waals surface area contributed by atoms with Gasteiger partial charge in [-0.1, -0.05) is 0 Å². The summed E-state index contributed by atoms with van der Waals surface area (Å²) in [6.07, 6.45) is -4.38. The van der Waals surface area contributed by atoms with Gasteiger partial charge in [-0.15, -0.1) is 11.3 Å². The SMILES string of the molecule is Nc1c(Br)cc(C[C@@H](OC(=O)N2CCC(N3Cc4cscc4NC3=O)CC2)C(=O)N2CCC(N3CCNCC3)CC2)cc1C(F)(F)F. The average Bonchev–Trinajstić information content (AvgIpc) is 3.52. The lowest BCUT2D eigenvalue weighted by Crippen LogP contribution is -2.54. The Hall–Kier alpha value is -3.08. The summed E-state index contributed by atoms with van der Waals surface area (Å²) in [6, 6.07) is 2.45. The highest BCUT2D eigenvalue weighted by Crippen LogP contribution is 2.38. The van der Waals surface area contributed by atoms with Crippen LogP contribution in [0.3, 0.4) is 0 Å². The zero-order valence-corrected chi connectivity index (χ0v) is 28.3. The van der Waals surface area contributed by atoms with E-state index in [9.17, 15) is 27.6 Å². The highest BCUT2D eigenvalue weighted by Gasteiger charge is 2.38. The predicted molar refractivity (Wildman–Crippen MR) is 175 cm³/mol. The number of rotatable bonds is 6. The lowest BCUT2D eigenvalue weighted by molar-refractivity contribution is -0.142. The van der Waals surface area contributed by atoms with Gasteiger partial charge in [0, 0.05) is 86.3 Å². The molecule has 0 spiro atoms. The second-order valence-corrected chi connectivity index (χ2v) is 14.1. The summed E-state index contributed by atoms with van der Waals surface area (Å²) in [5, 5.41) is 10.2. The number of nitrogens with zero attached hydrogens (tertiary/aromatic N) is 4. The van der Waals surface area contributed by atoms with Crippen LogP contribution in [0.1, 0.15) is 42.4 Å². The minimum atomic E-state index is -4.70. The average molecular weight is 743 g/mol. The molecule has 0 saturated carbocycles. The Balaban J connectivity index is 1.13. The van der Waals surface area contributed by atoms with Crippen LogP contribution in [-0.4, -0.2) is 108 Å². The van der Waals surface area contributed by atoms with E-state index >= 15 is 0 Å². The highest BCUT2D eigenvalue weighted by molar-refractivity contribution is 9.10. The summed E-state index contributed by atoms with van der Waals surface area (Å²) >= 11 is 4.65. The van der Waals surface area contributed by atoms with E-state index in [4.69, 9.17) is 10.5 Å². The third kappa shape index (κ3) is 7.65. The standard InChI is InChI=1S/C31H39BrF3N7O4S/c32-24-14-19(13-23(27(24)36)31(33,34)35)15-26(28(43)40-7-1-21(2-8-40)39-11-5-37-6-12-39)46-30(45)41-9-3-22(4-10-41)42-16-20-17-47-18-25(20)38-29(42)44/h13-14,17-18,21-22,26,37H,1-12,15-16,36H2,(H,38,44)/t26-/m1/s1. The van der Waals surface area contributed by atoms with Crippen molar-refractivity contribution in [3.63, 3.8) is 0 Å². The molecule has 3 fully saturated rings. The molecule has 4 N–H and O–H groups in total. The molecule has 47 heavy (non-hydrogen) atoms. The van der Waals surface area contributed by atoms with E-state index in [0.717, 1.165) is 56.3 Å². The molecule has 2 aromatic rings. The second-order valence-electron chi connectivity index (χ2n) is 12.5. The molecule has 256 valence electrons. The zero-order chi connectivity index (χ0) is 33.3. The number of nitrogen functional groups attached to an aromatic ring is 1. The van der Waals surface area contributed by atoms with Gasteiger partial charge in [0.25, 0.3) is 5.91 Å². The van der Waals surface area contributed by atoms with Crippen molar-refractivity contribution in [2.24, 2.45) is 0 Å². The van der Waals surface area contributed by atoms with Gasteiger partial charge in [-0.2, -0.15) is 13.2 Å². The van der Waals surface area contributed by atoms with Crippen molar-refractivity contribution < 1.29 is 32.3 Å². The molecule has 6 rings (SSSR count). The first-order valence-electron chi connectivity index (χ1n) is 15.9. The molecule has 16 heteroatoms. The van der Waals surface area contributed by atoms with Crippen molar-refractivity contribution in [1.82, 2.24) is 24.9 Å². The minimum Gasteiger partial charge on any atom is -0.436 e. The molecule has 0 aliphatic carbocycles. The Morgan fingerprint density at radius 1 is 1.00 bits per heavy atom. The van der Waals surface area contributed by atoms with Gasteiger partial charge in [-0.05, 0) is 64.7 Å². The number of benzene rings is 1. The second kappa shape index (κ2) is 14.2. The number of piperazine rings is 1. The number of halogens is 4. The number of likely N-dealkylation sites (tertiary alicyclic amines) is 2. The van der Waals surface area contributed by atoms with Crippen LogP contribution in [-0.2, 0) is 28.7 Å². The van der Waals surface area contributed by atoms with Crippen LogP contribution in [0.5, 0.6) is 0 Å². The molecule has 4 aliphatic heterocycles. The first-order chi connectivity index (χ1) is 22.5. The van der Waals surface area contributed by atoms with Gasteiger partial charge in [0.2, 0.25) is 0 Å². The van der Waals surface area contributed by atoms with Crippen molar-refractivity contribution in [3.8, 4) is 0 Å². The van der Waals surface area contributed by atoms with Crippen LogP contribution >= 0.6 is 27.3 Å². The van der Waals surface area contributed by atoms with Crippen molar-refractivity contribution >= 4 is 56.7 Å². The lowest BCUT2D eigenvalue weighted by atomic mass is 9.99. The van der Waals surface area contributed by atoms with Crippen LogP contribution in [0.4, 0.5) is 34.1 Å². The number of piperidine rings is 2. The van der Waals surface area contributed by atoms with Crippen LogP contribution < -0.4 is 16.4 Å². The molecule has 1 atom stereocenters. The number of ether oxygens (including phenoxy) is 1. The first kappa shape index (κ1) is 33.8. The van der Waals surface area contributed by atoms with E-state index < -0.39 is 35.5 Å². The van der Waals surface area contributed by atoms with Gasteiger partial charge < -0.3 is 35.8 Å². The smallest absolute Gasteiger partial charge is 0.418 e. The van der Waals surface area contributed by atoms with Gasteiger partial charge in [0.05, 0.1) is 23.5 Å². The molecule has 5 heterocycles. The summed E-state index contributed by atoms with van der Waals surface area (Å²) in [5.74, 6) is -0.426. The molecule has 4 aliphatic rings. The number of carbonyl (C=O) groups excluding carboxylic acids is 3. The summed E-state index contributed by atoms with van der Waals surface area (Å²) in [4.78, 5) is 47.5. The van der Waals surface area contributed by atoms with E-state index in [1.54, 1.807) is 9.80 Å². The number of carbonyl (C=O) groups is 3. The van der Waals surface area contributed by atoms with Gasteiger partial charge in [0.1, 0.15) is 0 Å². The van der Waals surface area contributed by atoms with E-state index in [1.807, 2.05) is 10.8 Å². The predicted octanol–water partition coefficient (Wildman–Crippen LogP) is 4.57.